The highest BCUT2D eigenvalue weighted by molar-refractivity contribution is 7.98. The highest BCUT2D eigenvalue weighted by Gasteiger charge is 2.21. The number of hydrogen-bond acceptors (Lipinski definition) is 5. The SMILES string of the molecule is CSCC(C)(O)CNC(=O)c1sccc1N. The molecule has 0 aliphatic rings. The zero-order chi connectivity index (χ0) is 12.2. The maximum Gasteiger partial charge on any atom is 0.263 e. The fraction of sp³-hybridized carbons (Fsp3) is 0.500. The molecule has 0 radical (unpaired) electrons. The van der Waals surface area contributed by atoms with Crippen LogP contribution < -0.4 is 11.1 Å². The molecule has 1 aromatic rings. The molecule has 4 nitrogen and oxygen atoms in total. The van der Waals surface area contributed by atoms with E-state index in [1.807, 2.05) is 6.26 Å². The molecule has 1 aromatic heterocycles. The van der Waals surface area contributed by atoms with E-state index < -0.39 is 5.60 Å². The van der Waals surface area contributed by atoms with Crippen molar-refractivity contribution in [1.29, 1.82) is 0 Å². The van der Waals surface area contributed by atoms with Gasteiger partial charge >= 0.3 is 0 Å². The Balaban J connectivity index is 2.51. The van der Waals surface area contributed by atoms with Gasteiger partial charge in [-0.15, -0.1) is 11.3 Å². The number of rotatable bonds is 5. The molecule has 0 bridgehead atoms. The molecule has 0 saturated heterocycles. The molecular weight excluding hydrogens is 244 g/mol. The standard InChI is InChI=1S/C10H16N2O2S2/c1-10(14,6-15-2)5-12-9(13)8-7(11)3-4-16-8/h3-4,14H,5-6,11H2,1-2H3,(H,12,13). The van der Waals surface area contributed by atoms with Crippen LogP contribution in [0.2, 0.25) is 0 Å². The number of carbonyl (C=O) groups excluding carboxylic acids is 1. The van der Waals surface area contributed by atoms with E-state index in [2.05, 4.69) is 5.32 Å². The highest BCUT2D eigenvalue weighted by Crippen LogP contribution is 2.18. The predicted octanol–water partition coefficient (Wildman–Crippen LogP) is 1.17. The van der Waals surface area contributed by atoms with Crippen LogP contribution in [0.1, 0.15) is 16.6 Å². The van der Waals surface area contributed by atoms with Crippen LogP contribution >= 0.6 is 23.1 Å². The number of hydrogen-bond donors (Lipinski definition) is 3. The van der Waals surface area contributed by atoms with E-state index in [9.17, 15) is 9.90 Å². The average molecular weight is 260 g/mol. The molecule has 1 amide bonds. The van der Waals surface area contributed by atoms with Gasteiger partial charge in [0.15, 0.2) is 0 Å². The van der Waals surface area contributed by atoms with Gasteiger partial charge in [-0.05, 0) is 24.6 Å². The van der Waals surface area contributed by atoms with Crippen LogP contribution in [0.4, 0.5) is 5.69 Å². The third-order valence-corrected chi connectivity index (χ3v) is 3.83. The summed E-state index contributed by atoms with van der Waals surface area (Å²) in [6, 6.07) is 1.69. The van der Waals surface area contributed by atoms with Gasteiger partial charge in [0.25, 0.3) is 5.91 Å². The largest absolute Gasteiger partial charge is 0.397 e. The zero-order valence-electron chi connectivity index (χ0n) is 9.32. The Labute approximate surface area is 103 Å². The van der Waals surface area contributed by atoms with Crippen LogP contribution in [-0.2, 0) is 0 Å². The van der Waals surface area contributed by atoms with E-state index in [-0.39, 0.29) is 12.5 Å². The van der Waals surface area contributed by atoms with Crippen LogP contribution in [0, 0.1) is 0 Å². The van der Waals surface area contributed by atoms with Crippen molar-refractivity contribution in [3.8, 4) is 0 Å². The fourth-order valence-electron chi connectivity index (χ4n) is 1.22. The number of nitrogens with one attached hydrogen (secondary N) is 1. The molecule has 0 aliphatic carbocycles. The molecule has 0 spiro atoms. The van der Waals surface area contributed by atoms with Crippen molar-refractivity contribution >= 4 is 34.7 Å². The number of thioether (sulfide) groups is 1. The second kappa shape index (κ2) is 5.56. The first-order chi connectivity index (χ1) is 7.46. The van der Waals surface area contributed by atoms with Gasteiger partial charge < -0.3 is 16.2 Å². The number of amides is 1. The van der Waals surface area contributed by atoms with Crippen molar-refractivity contribution in [3.05, 3.63) is 16.3 Å². The summed E-state index contributed by atoms with van der Waals surface area (Å²) in [6.45, 7) is 1.92. The van der Waals surface area contributed by atoms with E-state index in [0.29, 0.717) is 16.3 Å². The summed E-state index contributed by atoms with van der Waals surface area (Å²) in [5.41, 5.74) is 5.21. The van der Waals surface area contributed by atoms with E-state index in [1.165, 1.54) is 23.1 Å². The van der Waals surface area contributed by atoms with E-state index in [4.69, 9.17) is 5.73 Å². The van der Waals surface area contributed by atoms with Crippen molar-refractivity contribution in [2.24, 2.45) is 0 Å². The second-order valence-corrected chi connectivity index (χ2v) is 5.60. The van der Waals surface area contributed by atoms with Gasteiger partial charge in [0.05, 0.1) is 11.3 Å². The first-order valence-corrected chi connectivity index (χ1v) is 7.06. The number of nitrogens with two attached hydrogens (primary N) is 1. The molecule has 16 heavy (non-hydrogen) atoms. The summed E-state index contributed by atoms with van der Waals surface area (Å²) in [7, 11) is 0. The van der Waals surface area contributed by atoms with Crippen LogP contribution in [0.25, 0.3) is 0 Å². The molecule has 0 aromatic carbocycles. The van der Waals surface area contributed by atoms with E-state index >= 15 is 0 Å². The average Bonchev–Trinajstić information content (AvgIpc) is 2.61. The number of nitrogen functional groups attached to an aromatic ring is 1. The second-order valence-electron chi connectivity index (χ2n) is 3.82. The van der Waals surface area contributed by atoms with Crippen molar-refractivity contribution in [2.75, 3.05) is 24.3 Å². The highest BCUT2D eigenvalue weighted by atomic mass is 32.2. The summed E-state index contributed by atoms with van der Waals surface area (Å²) >= 11 is 2.84. The van der Waals surface area contributed by atoms with Gasteiger partial charge in [0.1, 0.15) is 4.88 Å². The molecule has 0 saturated carbocycles. The Morgan fingerprint density at radius 2 is 2.44 bits per heavy atom. The molecule has 1 atom stereocenters. The summed E-state index contributed by atoms with van der Waals surface area (Å²) in [6.07, 6.45) is 1.91. The molecular formula is C10H16N2O2S2. The van der Waals surface area contributed by atoms with Crippen molar-refractivity contribution < 1.29 is 9.90 Å². The number of aliphatic hydroxyl groups is 1. The number of thiophene rings is 1. The molecule has 6 heteroatoms. The zero-order valence-corrected chi connectivity index (χ0v) is 11.0. The normalized spacial score (nSPS) is 14.4. The Hall–Kier alpha value is -0.720. The minimum atomic E-state index is -0.888. The molecule has 4 N–H and O–H groups in total. The van der Waals surface area contributed by atoms with Crippen LogP contribution in [0.5, 0.6) is 0 Å². The Kier molecular flexibility index (Phi) is 4.64. The van der Waals surface area contributed by atoms with Gasteiger partial charge in [-0.25, -0.2) is 0 Å². The van der Waals surface area contributed by atoms with Gasteiger partial charge in [0.2, 0.25) is 0 Å². The molecule has 1 rings (SSSR count). The van der Waals surface area contributed by atoms with Gasteiger partial charge in [-0.1, -0.05) is 0 Å². The molecule has 1 unspecified atom stereocenters. The van der Waals surface area contributed by atoms with Crippen LogP contribution in [0.15, 0.2) is 11.4 Å². The summed E-state index contributed by atoms with van der Waals surface area (Å²) < 4.78 is 0. The Morgan fingerprint density at radius 3 is 2.94 bits per heavy atom. The summed E-state index contributed by atoms with van der Waals surface area (Å²) in [4.78, 5) is 12.2. The topological polar surface area (TPSA) is 75.3 Å². The monoisotopic (exact) mass is 260 g/mol. The van der Waals surface area contributed by atoms with Gasteiger partial charge in [0, 0.05) is 12.3 Å². The Bertz CT molecular complexity index is 363. The lowest BCUT2D eigenvalue weighted by atomic mass is 10.1. The first-order valence-electron chi connectivity index (χ1n) is 4.79. The lowest BCUT2D eigenvalue weighted by Crippen LogP contribution is -2.42. The molecule has 90 valence electrons. The maximum absolute atomic E-state index is 11.7. The van der Waals surface area contributed by atoms with Gasteiger partial charge in [-0.3, -0.25) is 4.79 Å². The minimum Gasteiger partial charge on any atom is -0.397 e. The third kappa shape index (κ3) is 3.70. The Morgan fingerprint density at radius 1 is 1.75 bits per heavy atom. The lowest BCUT2D eigenvalue weighted by Gasteiger charge is -2.22. The van der Waals surface area contributed by atoms with Crippen molar-refractivity contribution in [2.45, 2.75) is 12.5 Å². The smallest absolute Gasteiger partial charge is 0.263 e. The fourth-order valence-corrected chi connectivity index (χ4v) is 2.67. The molecule has 0 fully saturated rings. The van der Waals surface area contributed by atoms with Crippen LogP contribution in [0.3, 0.4) is 0 Å². The molecule has 1 heterocycles. The summed E-state index contributed by atoms with van der Waals surface area (Å²) in [5.74, 6) is 0.349. The van der Waals surface area contributed by atoms with Crippen molar-refractivity contribution in [3.63, 3.8) is 0 Å². The van der Waals surface area contributed by atoms with E-state index in [0.717, 1.165) is 0 Å². The minimum absolute atomic E-state index is 0.226. The van der Waals surface area contributed by atoms with Crippen LogP contribution in [-0.4, -0.2) is 35.2 Å². The maximum atomic E-state index is 11.7. The molecule has 0 aliphatic heterocycles. The third-order valence-electron chi connectivity index (χ3n) is 1.99. The van der Waals surface area contributed by atoms with E-state index in [1.54, 1.807) is 18.4 Å². The quantitative estimate of drug-likeness (QED) is 0.743. The number of carbonyl (C=O) groups is 1. The first kappa shape index (κ1) is 13.3. The lowest BCUT2D eigenvalue weighted by molar-refractivity contribution is 0.0727. The van der Waals surface area contributed by atoms with Crippen molar-refractivity contribution in [1.82, 2.24) is 5.32 Å². The van der Waals surface area contributed by atoms with Gasteiger partial charge in [-0.2, -0.15) is 11.8 Å². The number of anilines is 1. The summed E-state index contributed by atoms with van der Waals surface area (Å²) in [5, 5.41) is 14.3. The predicted molar refractivity (Wildman–Crippen MR) is 70.1 cm³/mol.